The van der Waals surface area contributed by atoms with Gasteiger partial charge in [0.2, 0.25) is 5.88 Å². The van der Waals surface area contributed by atoms with Crippen molar-refractivity contribution in [3.63, 3.8) is 0 Å². The molecule has 1 aliphatic carbocycles. The van der Waals surface area contributed by atoms with Gasteiger partial charge in [0.1, 0.15) is 12.2 Å². The van der Waals surface area contributed by atoms with Crippen LogP contribution < -0.4 is 9.64 Å². The molecule has 0 bridgehead atoms. The Balaban J connectivity index is 1.62. The maximum absolute atomic E-state index is 12.5. The van der Waals surface area contributed by atoms with Gasteiger partial charge in [-0.1, -0.05) is 54.6 Å². The fourth-order valence-electron chi connectivity index (χ4n) is 5.75. The third-order valence-electron chi connectivity index (χ3n) is 7.34. The third-order valence-corrected chi connectivity index (χ3v) is 7.34. The molecule has 2 amide bonds. The molecule has 2 aliphatic rings. The number of benzene rings is 2. The standard InChI is InChI=1S/C30H30N4O5/c1-29(2,3)34(28(37)38)30(16-22(35)17-30)21-11-9-20(10-12-21)26-23(19-7-5-4-6-8-19)15-24-27(32-26)39-18-25(36)33(24)14-13-31/h4-12,15,22,35H,14,16-18H2,1-3H3,(H,37,38). The van der Waals surface area contributed by atoms with E-state index in [1.54, 1.807) is 0 Å². The molecule has 3 aromatic rings. The highest BCUT2D eigenvalue weighted by molar-refractivity contribution is 5.99. The molecule has 0 spiro atoms. The molecule has 39 heavy (non-hydrogen) atoms. The van der Waals surface area contributed by atoms with E-state index in [4.69, 9.17) is 9.72 Å². The van der Waals surface area contributed by atoms with Gasteiger partial charge in [0.25, 0.3) is 5.91 Å². The second kappa shape index (κ2) is 9.71. The number of amides is 2. The summed E-state index contributed by atoms with van der Waals surface area (Å²) in [5, 5.41) is 29.6. The van der Waals surface area contributed by atoms with Crippen LogP contribution in [0.3, 0.4) is 0 Å². The molecular weight excluding hydrogens is 496 g/mol. The van der Waals surface area contributed by atoms with Crippen LogP contribution in [0.1, 0.15) is 39.2 Å². The van der Waals surface area contributed by atoms with Gasteiger partial charge in [0.05, 0.1) is 23.4 Å². The second-order valence-corrected chi connectivity index (χ2v) is 11.0. The summed E-state index contributed by atoms with van der Waals surface area (Å²) in [5.41, 5.74) is 2.78. The SMILES string of the molecule is CC(C)(C)N(C(=O)O)C1(c2ccc(-c3nc4c(cc3-c3ccccc3)N(CC#N)C(=O)CO4)cc2)CC(O)C1. The molecular formula is C30H30N4O5. The molecule has 1 saturated carbocycles. The summed E-state index contributed by atoms with van der Waals surface area (Å²) in [7, 11) is 0. The number of carboxylic acid groups (broad SMARTS) is 1. The number of ether oxygens (including phenoxy) is 1. The Morgan fingerprint density at radius 3 is 2.38 bits per heavy atom. The van der Waals surface area contributed by atoms with Gasteiger partial charge in [-0.15, -0.1) is 0 Å². The second-order valence-electron chi connectivity index (χ2n) is 11.0. The van der Waals surface area contributed by atoms with Crippen molar-refractivity contribution >= 4 is 17.7 Å². The number of anilines is 1. The summed E-state index contributed by atoms with van der Waals surface area (Å²) < 4.78 is 5.67. The summed E-state index contributed by atoms with van der Waals surface area (Å²) >= 11 is 0. The van der Waals surface area contributed by atoms with E-state index in [0.29, 0.717) is 24.2 Å². The van der Waals surface area contributed by atoms with Crippen LogP contribution >= 0.6 is 0 Å². The molecule has 9 heteroatoms. The van der Waals surface area contributed by atoms with E-state index in [-0.39, 0.29) is 24.9 Å². The Hall–Kier alpha value is -4.42. The number of fused-ring (bicyclic) bond motifs is 1. The van der Waals surface area contributed by atoms with E-state index in [1.165, 1.54) is 9.80 Å². The molecule has 9 nitrogen and oxygen atoms in total. The first-order valence-electron chi connectivity index (χ1n) is 12.8. The van der Waals surface area contributed by atoms with Crippen molar-refractivity contribution in [3.8, 4) is 34.3 Å². The van der Waals surface area contributed by atoms with Gasteiger partial charge in [0, 0.05) is 29.5 Å². The summed E-state index contributed by atoms with van der Waals surface area (Å²) in [5.74, 6) is -0.0382. The maximum atomic E-state index is 12.5. The van der Waals surface area contributed by atoms with Crippen LogP contribution in [0.4, 0.5) is 10.5 Å². The van der Waals surface area contributed by atoms with E-state index in [2.05, 4.69) is 0 Å². The number of nitriles is 1. The topological polar surface area (TPSA) is 127 Å². The summed E-state index contributed by atoms with van der Waals surface area (Å²) in [6.45, 7) is 5.25. The Labute approximate surface area is 226 Å². The predicted octanol–water partition coefficient (Wildman–Crippen LogP) is 4.79. The van der Waals surface area contributed by atoms with E-state index >= 15 is 0 Å². The molecule has 2 aromatic carbocycles. The van der Waals surface area contributed by atoms with Crippen LogP contribution in [0.25, 0.3) is 22.4 Å². The van der Waals surface area contributed by atoms with Crippen LogP contribution in [0.2, 0.25) is 0 Å². The quantitative estimate of drug-likeness (QED) is 0.458. The molecule has 0 radical (unpaired) electrons. The number of carbonyl (C=O) groups excluding carboxylic acids is 1. The van der Waals surface area contributed by atoms with Crippen LogP contribution in [0.5, 0.6) is 5.88 Å². The van der Waals surface area contributed by atoms with E-state index in [9.17, 15) is 25.1 Å². The van der Waals surface area contributed by atoms with E-state index in [0.717, 1.165) is 22.3 Å². The highest BCUT2D eigenvalue weighted by Gasteiger charge is 2.54. The Morgan fingerprint density at radius 2 is 1.82 bits per heavy atom. The lowest BCUT2D eigenvalue weighted by atomic mass is 9.67. The van der Waals surface area contributed by atoms with Crippen LogP contribution in [-0.4, -0.2) is 56.9 Å². The average Bonchev–Trinajstić information content (AvgIpc) is 2.88. The van der Waals surface area contributed by atoms with Gasteiger partial charge in [-0.05, 0) is 38.0 Å². The molecule has 1 fully saturated rings. The largest absolute Gasteiger partial charge is 0.466 e. The van der Waals surface area contributed by atoms with Crippen LogP contribution in [0.15, 0.2) is 60.7 Å². The minimum Gasteiger partial charge on any atom is -0.466 e. The van der Waals surface area contributed by atoms with Crippen LogP contribution in [0, 0.1) is 11.3 Å². The van der Waals surface area contributed by atoms with Gasteiger partial charge in [0.15, 0.2) is 6.61 Å². The van der Waals surface area contributed by atoms with Gasteiger partial charge < -0.3 is 14.9 Å². The number of rotatable bonds is 5. The summed E-state index contributed by atoms with van der Waals surface area (Å²) in [6.07, 6.45) is -0.968. The van der Waals surface area contributed by atoms with E-state index < -0.39 is 23.3 Å². The summed E-state index contributed by atoms with van der Waals surface area (Å²) in [6, 6.07) is 21.1. The zero-order chi connectivity index (χ0) is 27.9. The lowest BCUT2D eigenvalue weighted by Crippen LogP contribution is -2.64. The number of aliphatic hydroxyl groups excluding tert-OH is 1. The van der Waals surface area contributed by atoms with Crippen molar-refractivity contribution in [2.75, 3.05) is 18.1 Å². The van der Waals surface area contributed by atoms with Gasteiger partial charge >= 0.3 is 6.09 Å². The normalized spacial score (nSPS) is 20.3. The molecule has 0 saturated heterocycles. The number of nitrogens with zero attached hydrogens (tertiary/aromatic N) is 4. The highest BCUT2D eigenvalue weighted by atomic mass is 16.5. The first-order valence-corrected chi connectivity index (χ1v) is 12.8. The monoisotopic (exact) mass is 526 g/mol. The number of hydrogen-bond donors (Lipinski definition) is 2. The lowest BCUT2D eigenvalue weighted by Gasteiger charge is -2.56. The number of aliphatic hydroxyl groups is 1. The van der Waals surface area contributed by atoms with Crippen molar-refractivity contribution in [3.05, 3.63) is 66.2 Å². The molecule has 1 aliphatic heterocycles. The van der Waals surface area contributed by atoms with Gasteiger partial charge in [-0.2, -0.15) is 5.26 Å². The first kappa shape index (κ1) is 26.2. The number of hydrogen-bond acceptors (Lipinski definition) is 6. The van der Waals surface area contributed by atoms with E-state index in [1.807, 2.05) is 87.5 Å². The van der Waals surface area contributed by atoms with Gasteiger partial charge in [-0.25, -0.2) is 9.78 Å². The molecule has 5 rings (SSSR count). The van der Waals surface area contributed by atoms with Crippen molar-refractivity contribution in [2.45, 2.75) is 50.8 Å². The first-order chi connectivity index (χ1) is 18.5. The van der Waals surface area contributed by atoms with Gasteiger partial charge in [-0.3, -0.25) is 14.6 Å². The fourth-order valence-corrected chi connectivity index (χ4v) is 5.75. The average molecular weight is 527 g/mol. The maximum Gasteiger partial charge on any atom is 0.408 e. The molecule has 0 atom stereocenters. The molecule has 1 aromatic heterocycles. The number of pyridine rings is 1. The van der Waals surface area contributed by atoms with Crippen LogP contribution in [-0.2, 0) is 10.3 Å². The Bertz CT molecular complexity index is 1450. The number of carbonyl (C=O) groups is 2. The highest BCUT2D eigenvalue weighted by Crippen LogP contribution is 2.50. The summed E-state index contributed by atoms with van der Waals surface area (Å²) in [4.78, 5) is 32.5. The van der Waals surface area contributed by atoms with Crippen molar-refractivity contribution in [1.29, 1.82) is 5.26 Å². The molecule has 2 heterocycles. The molecule has 200 valence electrons. The lowest BCUT2D eigenvalue weighted by molar-refractivity contribution is -0.121. The van der Waals surface area contributed by atoms with Crippen molar-refractivity contribution < 1.29 is 24.5 Å². The zero-order valence-corrected chi connectivity index (χ0v) is 22.1. The fraction of sp³-hybridized carbons (Fsp3) is 0.333. The van der Waals surface area contributed by atoms with Crippen molar-refractivity contribution in [2.24, 2.45) is 0 Å². The Kier molecular flexibility index (Phi) is 6.52. The zero-order valence-electron chi connectivity index (χ0n) is 22.1. The minimum absolute atomic E-state index is 0.110. The smallest absolute Gasteiger partial charge is 0.408 e. The third kappa shape index (κ3) is 4.57. The minimum atomic E-state index is -1.03. The molecule has 0 unspecified atom stereocenters. The predicted molar refractivity (Wildman–Crippen MR) is 145 cm³/mol. The van der Waals surface area contributed by atoms with Crippen molar-refractivity contribution in [1.82, 2.24) is 9.88 Å². The molecule has 2 N–H and O–H groups in total. The Morgan fingerprint density at radius 1 is 1.15 bits per heavy atom. The number of aromatic nitrogens is 1.